The molecule has 0 radical (unpaired) electrons. The van der Waals surface area contributed by atoms with Crippen LogP contribution in [0.3, 0.4) is 0 Å². The Hall–Kier alpha value is -0.650. The number of hydrogen-bond donors (Lipinski definition) is 0. The van der Waals surface area contributed by atoms with E-state index in [0.717, 1.165) is 19.2 Å². The summed E-state index contributed by atoms with van der Waals surface area (Å²) in [5.74, 6) is -0.792. The average molecular weight is 225 g/mol. The first-order valence-electron chi connectivity index (χ1n) is 3.23. The molecule has 0 N–H and O–H groups in total. The lowest BCUT2D eigenvalue weighted by atomic mass is 10.3. The summed E-state index contributed by atoms with van der Waals surface area (Å²) in [6.07, 6.45) is 0. The quantitative estimate of drug-likeness (QED) is 0.720. The van der Waals surface area contributed by atoms with Gasteiger partial charge in [0, 0.05) is 0 Å². The molecule has 0 aliphatic rings. The van der Waals surface area contributed by atoms with E-state index in [1.54, 1.807) is 0 Å². The van der Waals surface area contributed by atoms with Crippen molar-refractivity contribution in [3.63, 3.8) is 0 Å². The van der Waals surface area contributed by atoms with Crippen LogP contribution in [0.2, 0.25) is 5.02 Å². The van der Waals surface area contributed by atoms with E-state index < -0.39 is 15.9 Å². The van der Waals surface area contributed by atoms with E-state index in [2.05, 4.69) is 4.18 Å². The molecule has 3 nitrogen and oxygen atoms in total. The van der Waals surface area contributed by atoms with Gasteiger partial charge in [-0.15, -0.1) is 0 Å². The predicted molar refractivity (Wildman–Crippen MR) is 45.6 cm³/mol. The van der Waals surface area contributed by atoms with Crippen molar-refractivity contribution in [1.29, 1.82) is 0 Å². The highest BCUT2D eigenvalue weighted by atomic mass is 35.5. The third-order valence-electron chi connectivity index (χ3n) is 1.40. The van der Waals surface area contributed by atoms with Crippen LogP contribution in [0, 0.1) is 5.82 Å². The van der Waals surface area contributed by atoms with Crippen LogP contribution in [-0.2, 0) is 14.3 Å². The lowest BCUT2D eigenvalue weighted by molar-refractivity contribution is 0.397. The van der Waals surface area contributed by atoms with E-state index in [1.165, 1.54) is 6.07 Å². The summed E-state index contributed by atoms with van der Waals surface area (Å²) in [5, 5.41) is -0.130. The maximum absolute atomic E-state index is 12.8. The third kappa shape index (κ3) is 2.18. The van der Waals surface area contributed by atoms with Gasteiger partial charge in [0.2, 0.25) is 0 Å². The van der Waals surface area contributed by atoms with E-state index in [0.29, 0.717) is 0 Å². The van der Waals surface area contributed by atoms with Gasteiger partial charge in [0.15, 0.2) is 0 Å². The zero-order valence-electron chi connectivity index (χ0n) is 6.62. The molecule has 0 saturated heterocycles. The van der Waals surface area contributed by atoms with Gasteiger partial charge in [-0.2, -0.15) is 8.42 Å². The van der Waals surface area contributed by atoms with Crippen molar-refractivity contribution in [2.75, 3.05) is 7.11 Å². The molecule has 0 saturated carbocycles. The fourth-order valence-corrected chi connectivity index (χ4v) is 1.52. The Kier molecular flexibility index (Phi) is 2.90. The molecule has 0 aliphatic heterocycles. The van der Waals surface area contributed by atoms with Gasteiger partial charge in [-0.05, 0) is 18.2 Å². The van der Waals surface area contributed by atoms with Crippen molar-refractivity contribution in [3.05, 3.63) is 29.0 Å². The zero-order valence-corrected chi connectivity index (χ0v) is 8.19. The molecule has 1 rings (SSSR count). The molecule has 0 aliphatic carbocycles. The van der Waals surface area contributed by atoms with Crippen molar-refractivity contribution in [2.24, 2.45) is 0 Å². The van der Waals surface area contributed by atoms with Crippen LogP contribution >= 0.6 is 11.6 Å². The summed E-state index contributed by atoms with van der Waals surface area (Å²) in [6.45, 7) is 0. The second kappa shape index (κ2) is 3.61. The first-order valence-corrected chi connectivity index (χ1v) is 5.01. The third-order valence-corrected chi connectivity index (χ3v) is 2.98. The number of rotatable bonds is 2. The van der Waals surface area contributed by atoms with E-state index >= 15 is 0 Å². The number of halogens is 2. The minimum atomic E-state index is -3.84. The van der Waals surface area contributed by atoms with Crippen molar-refractivity contribution in [2.45, 2.75) is 4.90 Å². The molecule has 0 atom stereocenters. The summed E-state index contributed by atoms with van der Waals surface area (Å²) >= 11 is 5.36. The van der Waals surface area contributed by atoms with Gasteiger partial charge in [-0.25, -0.2) is 4.39 Å². The van der Waals surface area contributed by atoms with Crippen molar-refractivity contribution in [1.82, 2.24) is 0 Å². The summed E-state index contributed by atoms with van der Waals surface area (Å²) in [6, 6.07) is 3.13. The summed E-state index contributed by atoms with van der Waals surface area (Å²) in [5.41, 5.74) is 0. The second-order valence-corrected chi connectivity index (χ2v) is 4.32. The van der Waals surface area contributed by atoms with Crippen LogP contribution in [0.15, 0.2) is 23.1 Å². The first kappa shape index (κ1) is 10.4. The Balaban J connectivity index is 3.27. The van der Waals surface area contributed by atoms with Gasteiger partial charge >= 0.3 is 0 Å². The normalized spacial score (nSPS) is 11.6. The number of hydrogen-bond acceptors (Lipinski definition) is 3. The second-order valence-electron chi connectivity index (χ2n) is 2.20. The van der Waals surface area contributed by atoms with Crippen LogP contribution in [0.4, 0.5) is 4.39 Å². The minimum Gasteiger partial charge on any atom is -0.270 e. The zero-order chi connectivity index (χ0) is 10.1. The Labute approximate surface area is 80.2 Å². The van der Waals surface area contributed by atoms with Gasteiger partial charge in [-0.3, -0.25) is 4.18 Å². The number of benzene rings is 1. The maximum Gasteiger partial charge on any atom is 0.296 e. The Morgan fingerprint density at radius 2 is 2.08 bits per heavy atom. The molecular formula is C7H6ClFO3S. The van der Waals surface area contributed by atoms with Crippen LogP contribution < -0.4 is 0 Å². The molecule has 0 bridgehead atoms. The predicted octanol–water partition coefficient (Wildman–Crippen LogP) is 1.81. The highest BCUT2D eigenvalue weighted by Gasteiger charge is 2.14. The molecule has 72 valence electrons. The topological polar surface area (TPSA) is 43.4 Å². The molecular weight excluding hydrogens is 219 g/mol. The Bertz CT molecular complexity index is 416. The van der Waals surface area contributed by atoms with Crippen LogP contribution in [0.25, 0.3) is 0 Å². The van der Waals surface area contributed by atoms with Gasteiger partial charge < -0.3 is 0 Å². The molecule has 1 aromatic carbocycles. The SMILES string of the molecule is COS(=O)(=O)c1ccc(Cl)c(F)c1. The lowest BCUT2D eigenvalue weighted by Gasteiger charge is -2.01. The van der Waals surface area contributed by atoms with E-state index in [9.17, 15) is 12.8 Å². The molecule has 0 fully saturated rings. The van der Waals surface area contributed by atoms with E-state index in [4.69, 9.17) is 11.6 Å². The monoisotopic (exact) mass is 224 g/mol. The standard InChI is InChI=1S/C7H6ClFO3S/c1-12-13(10,11)5-2-3-6(8)7(9)4-5/h2-4H,1H3. The summed E-state index contributed by atoms with van der Waals surface area (Å²) in [4.78, 5) is -0.253. The largest absolute Gasteiger partial charge is 0.296 e. The molecule has 0 heterocycles. The van der Waals surface area contributed by atoms with Crippen LogP contribution in [0.1, 0.15) is 0 Å². The fraction of sp³-hybridized carbons (Fsp3) is 0.143. The van der Waals surface area contributed by atoms with Gasteiger partial charge in [0.05, 0.1) is 17.0 Å². The van der Waals surface area contributed by atoms with E-state index in [-0.39, 0.29) is 9.92 Å². The lowest BCUT2D eigenvalue weighted by Crippen LogP contribution is -2.02. The van der Waals surface area contributed by atoms with Crippen LogP contribution in [-0.4, -0.2) is 15.5 Å². The highest BCUT2D eigenvalue weighted by Crippen LogP contribution is 2.19. The Morgan fingerprint density at radius 1 is 1.46 bits per heavy atom. The van der Waals surface area contributed by atoms with Gasteiger partial charge in [0.1, 0.15) is 5.82 Å². The molecule has 1 aromatic rings. The minimum absolute atomic E-state index is 0.130. The van der Waals surface area contributed by atoms with Crippen molar-refractivity contribution >= 4 is 21.7 Å². The van der Waals surface area contributed by atoms with Crippen molar-refractivity contribution in [3.8, 4) is 0 Å². The summed E-state index contributed by atoms with van der Waals surface area (Å²) in [7, 11) is -2.83. The molecule has 0 spiro atoms. The maximum atomic E-state index is 12.8. The Morgan fingerprint density at radius 3 is 2.54 bits per heavy atom. The summed E-state index contributed by atoms with van der Waals surface area (Å²) < 4.78 is 39.0. The average Bonchev–Trinajstić information content (AvgIpc) is 2.09. The highest BCUT2D eigenvalue weighted by molar-refractivity contribution is 7.86. The van der Waals surface area contributed by atoms with Gasteiger partial charge in [0.25, 0.3) is 10.1 Å². The van der Waals surface area contributed by atoms with Crippen molar-refractivity contribution < 1.29 is 17.0 Å². The fourth-order valence-electron chi connectivity index (χ4n) is 0.729. The van der Waals surface area contributed by atoms with Gasteiger partial charge in [-0.1, -0.05) is 11.6 Å². The molecule has 0 amide bonds. The molecule has 6 heteroatoms. The smallest absolute Gasteiger partial charge is 0.270 e. The van der Waals surface area contributed by atoms with E-state index in [1.807, 2.05) is 0 Å². The molecule has 0 aromatic heterocycles. The molecule has 0 unspecified atom stereocenters. The van der Waals surface area contributed by atoms with Crippen LogP contribution in [0.5, 0.6) is 0 Å². The molecule has 13 heavy (non-hydrogen) atoms. The first-order chi connectivity index (χ1) is 5.97.